The fourth-order valence-electron chi connectivity index (χ4n) is 2.34. The van der Waals surface area contributed by atoms with Crippen molar-refractivity contribution in [1.29, 1.82) is 0 Å². The van der Waals surface area contributed by atoms with Crippen molar-refractivity contribution in [2.45, 2.75) is 39.3 Å². The van der Waals surface area contributed by atoms with Crippen molar-refractivity contribution in [2.24, 2.45) is 0 Å². The van der Waals surface area contributed by atoms with E-state index in [4.69, 9.17) is 4.74 Å². The molecule has 2 unspecified atom stereocenters. The third-order valence-electron chi connectivity index (χ3n) is 3.74. The Kier molecular flexibility index (Phi) is 8.51. The van der Waals surface area contributed by atoms with Crippen molar-refractivity contribution in [2.75, 3.05) is 33.4 Å². The number of ether oxygens (including phenoxy) is 1. The molecule has 0 aliphatic carbocycles. The van der Waals surface area contributed by atoms with E-state index in [2.05, 4.69) is 61.4 Å². The first-order chi connectivity index (χ1) is 9.70. The molecule has 0 aromatic heterocycles. The van der Waals surface area contributed by atoms with E-state index in [9.17, 15) is 0 Å². The second-order valence-corrected chi connectivity index (χ2v) is 5.26. The molecule has 1 aromatic rings. The van der Waals surface area contributed by atoms with Crippen molar-refractivity contribution >= 4 is 0 Å². The van der Waals surface area contributed by atoms with E-state index in [1.807, 2.05) is 6.92 Å². The normalized spacial score (nSPS) is 14.4. The molecule has 114 valence electrons. The minimum Gasteiger partial charge on any atom is -0.380 e. The van der Waals surface area contributed by atoms with E-state index in [0.717, 1.165) is 32.7 Å². The monoisotopic (exact) mass is 278 g/mol. The molecule has 0 saturated heterocycles. The molecule has 2 atom stereocenters. The Bertz CT molecular complexity index is 342. The van der Waals surface area contributed by atoms with Crippen LogP contribution in [-0.4, -0.2) is 44.3 Å². The van der Waals surface area contributed by atoms with Gasteiger partial charge in [0.15, 0.2) is 0 Å². The molecule has 0 fully saturated rings. The average Bonchev–Trinajstić information content (AvgIpc) is 2.48. The Morgan fingerprint density at radius 3 is 2.50 bits per heavy atom. The molecule has 0 aliphatic heterocycles. The second kappa shape index (κ2) is 9.92. The van der Waals surface area contributed by atoms with Gasteiger partial charge < -0.3 is 10.1 Å². The summed E-state index contributed by atoms with van der Waals surface area (Å²) in [6, 6.07) is 11.5. The van der Waals surface area contributed by atoms with Gasteiger partial charge in [0.1, 0.15) is 0 Å². The first kappa shape index (κ1) is 17.2. The molecule has 1 aromatic carbocycles. The molecule has 0 spiro atoms. The molecular formula is C17H30N2O. The van der Waals surface area contributed by atoms with Crippen LogP contribution >= 0.6 is 0 Å². The lowest BCUT2D eigenvalue weighted by atomic mass is 9.99. The van der Waals surface area contributed by atoms with Crippen LogP contribution in [0, 0.1) is 0 Å². The lowest BCUT2D eigenvalue weighted by Crippen LogP contribution is -2.42. The highest BCUT2D eigenvalue weighted by molar-refractivity contribution is 5.20. The summed E-state index contributed by atoms with van der Waals surface area (Å²) >= 11 is 0. The van der Waals surface area contributed by atoms with Crippen LogP contribution in [0.5, 0.6) is 0 Å². The Hall–Kier alpha value is -0.900. The summed E-state index contributed by atoms with van der Waals surface area (Å²) in [6.07, 6.45) is 1.15. The van der Waals surface area contributed by atoms with Crippen molar-refractivity contribution in [1.82, 2.24) is 10.2 Å². The molecule has 0 radical (unpaired) electrons. The van der Waals surface area contributed by atoms with E-state index < -0.39 is 0 Å². The summed E-state index contributed by atoms with van der Waals surface area (Å²) in [4.78, 5) is 2.37. The summed E-state index contributed by atoms with van der Waals surface area (Å²) in [5, 5.41) is 3.67. The Balaban J connectivity index is 2.66. The Morgan fingerprint density at radius 1 is 1.20 bits per heavy atom. The first-order valence-corrected chi connectivity index (χ1v) is 7.77. The number of benzene rings is 1. The zero-order valence-electron chi connectivity index (χ0n) is 13.4. The van der Waals surface area contributed by atoms with Gasteiger partial charge in [-0.3, -0.25) is 4.90 Å². The first-order valence-electron chi connectivity index (χ1n) is 7.77. The topological polar surface area (TPSA) is 24.5 Å². The SMILES string of the molecule is CCCNC(c1ccccc1)C(C)N(C)CCOCC. The predicted molar refractivity (Wildman–Crippen MR) is 86.1 cm³/mol. The number of hydrogen-bond donors (Lipinski definition) is 1. The zero-order valence-corrected chi connectivity index (χ0v) is 13.4. The van der Waals surface area contributed by atoms with E-state index in [0.29, 0.717) is 12.1 Å². The third kappa shape index (κ3) is 5.61. The molecule has 1 rings (SSSR count). The van der Waals surface area contributed by atoms with Gasteiger partial charge in [0, 0.05) is 25.2 Å². The van der Waals surface area contributed by atoms with Gasteiger partial charge in [-0.05, 0) is 39.4 Å². The maximum atomic E-state index is 5.46. The average molecular weight is 278 g/mol. The predicted octanol–water partition coefficient (Wildman–Crippen LogP) is 3.08. The maximum Gasteiger partial charge on any atom is 0.0593 e. The summed E-state index contributed by atoms with van der Waals surface area (Å²) in [5.41, 5.74) is 1.36. The van der Waals surface area contributed by atoms with Crippen molar-refractivity contribution < 1.29 is 4.74 Å². The fourth-order valence-corrected chi connectivity index (χ4v) is 2.34. The highest BCUT2D eigenvalue weighted by atomic mass is 16.5. The number of nitrogens with one attached hydrogen (secondary N) is 1. The summed E-state index contributed by atoms with van der Waals surface area (Å²) in [6.45, 7) is 10.1. The van der Waals surface area contributed by atoms with Gasteiger partial charge in [0.25, 0.3) is 0 Å². The van der Waals surface area contributed by atoms with Gasteiger partial charge >= 0.3 is 0 Å². The minimum absolute atomic E-state index is 0.364. The van der Waals surface area contributed by atoms with Crippen LogP contribution < -0.4 is 5.32 Å². The number of rotatable bonds is 10. The van der Waals surface area contributed by atoms with Crippen LogP contribution in [-0.2, 0) is 4.74 Å². The molecule has 3 nitrogen and oxygen atoms in total. The quantitative estimate of drug-likeness (QED) is 0.666. The standard InChI is InChI=1S/C17H30N2O/c1-5-12-18-17(16-10-8-7-9-11-16)15(3)19(4)13-14-20-6-2/h7-11,15,17-18H,5-6,12-14H2,1-4H3. The summed E-state index contributed by atoms with van der Waals surface area (Å²) < 4.78 is 5.46. The van der Waals surface area contributed by atoms with E-state index in [1.54, 1.807) is 0 Å². The van der Waals surface area contributed by atoms with Crippen LogP contribution in [0.3, 0.4) is 0 Å². The highest BCUT2D eigenvalue weighted by Crippen LogP contribution is 2.20. The third-order valence-corrected chi connectivity index (χ3v) is 3.74. The molecule has 0 heterocycles. The van der Waals surface area contributed by atoms with Gasteiger partial charge in [-0.25, -0.2) is 0 Å². The van der Waals surface area contributed by atoms with Crippen molar-refractivity contribution in [3.05, 3.63) is 35.9 Å². The Morgan fingerprint density at radius 2 is 1.90 bits per heavy atom. The number of hydrogen-bond acceptors (Lipinski definition) is 3. The molecule has 1 N–H and O–H groups in total. The molecule has 0 saturated carbocycles. The van der Waals surface area contributed by atoms with E-state index in [-0.39, 0.29) is 0 Å². The van der Waals surface area contributed by atoms with Crippen LogP contribution in [0.1, 0.15) is 38.8 Å². The van der Waals surface area contributed by atoms with Crippen molar-refractivity contribution in [3.63, 3.8) is 0 Å². The zero-order chi connectivity index (χ0) is 14.8. The van der Waals surface area contributed by atoms with Crippen LogP contribution in [0.25, 0.3) is 0 Å². The van der Waals surface area contributed by atoms with E-state index in [1.165, 1.54) is 5.56 Å². The molecule has 3 heteroatoms. The van der Waals surface area contributed by atoms with Crippen LogP contribution in [0.2, 0.25) is 0 Å². The summed E-state index contributed by atoms with van der Waals surface area (Å²) in [5.74, 6) is 0. The van der Waals surface area contributed by atoms with Gasteiger partial charge in [0.05, 0.1) is 6.61 Å². The number of nitrogens with zero attached hydrogens (tertiary/aromatic N) is 1. The molecular weight excluding hydrogens is 248 g/mol. The molecule has 0 bridgehead atoms. The molecule has 20 heavy (non-hydrogen) atoms. The molecule has 0 amide bonds. The van der Waals surface area contributed by atoms with Gasteiger partial charge in [-0.2, -0.15) is 0 Å². The number of likely N-dealkylation sites (N-methyl/N-ethyl adjacent to an activating group) is 1. The van der Waals surface area contributed by atoms with E-state index >= 15 is 0 Å². The highest BCUT2D eigenvalue weighted by Gasteiger charge is 2.21. The summed E-state index contributed by atoms with van der Waals surface area (Å²) in [7, 11) is 2.17. The lowest BCUT2D eigenvalue weighted by molar-refractivity contribution is 0.101. The largest absolute Gasteiger partial charge is 0.380 e. The van der Waals surface area contributed by atoms with Gasteiger partial charge in [0.2, 0.25) is 0 Å². The van der Waals surface area contributed by atoms with Gasteiger partial charge in [-0.1, -0.05) is 37.3 Å². The van der Waals surface area contributed by atoms with Crippen LogP contribution in [0.15, 0.2) is 30.3 Å². The van der Waals surface area contributed by atoms with Crippen molar-refractivity contribution in [3.8, 4) is 0 Å². The Labute approximate surface area is 124 Å². The molecule has 0 aliphatic rings. The second-order valence-electron chi connectivity index (χ2n) is 5.26. The maximum absolute atomic E-state index is 5.46. The fraction of sp³-hybridized carbons (Fsp3) is 0.647. The minimum atomic E-state index is 0.364. The smallest absolute Gasteiger partial charge is 0.0593 e. The lowest BCUT2D eigenvalue weighted by Gasteiger charge is -2.33. The van der Waals surface area contributed by atoms with Crippen LogP contribution in [0.4, 0.5) is 0 Å². The van der Waals surface area contributed by atoms with Gasteiger partial charge in [-0.15, -0.1) is 0 Å².